The van der Waals surface area contributed by atoms with Crippen LogP contribution in [0.25, 0.3) is 0 Å². The van der Waals surface area contributed by atoms with Crippen molar-refractivity contribution in [2.75, 3.05) is 36.9 Å². The molecule has 0 aliphatic heterocycles. The minimum atomic E-state index is -0.159. The molecule has 2 N–H and O–H groups in total. The summed E-state index contributed by atoms with van der Waals surface area (Å²) in [6.07, 6.45) is 3.76. The van der Waals surface area contributed by atoms with E-state index in [1.807, 2.05) is 59.5 Å². The number of carbonyl (C=O) groups excluding carboxylic acids is 2. The van der Waals surface area contributed by atoms with E-state index in [4.69, 9.17) is 4.74 Å². The Morgan fingerprint density at radius 1 is 0.833 bits per heavy atom. The molecule has 0 aromatic heterocycles. The normalized spacial score (nSPS) is 10.5. The predicted octanol–water partition coefficient (Wildman–Crippen LogP) is 6.01. The number of anilines is 2. The van der Waals surface area contributed by atoms with Gasteiger partial charge in [0.25, 0.3) is 5.91 Å². The summed E-state index contributed by atoms with van der Waals surface area (Å²) in [6, 6.07) is 25.0. The summed E-state index contributed by atoms with van der Waals surface area (Å²) in [6.45, 7) is 6.39. The van der Waals surface area contributed by atoms with E-state index in [2.05, 4.69) is 36.6 Å². The van der Waals surface area contributed by atoms with Crippen molar-refractivity contribution in [1.82, 2.24) is 4.90 Å². The van der Waals surface area contributed by atoms with Gasteiger partial charge in [-0.25, -0.2) is 0 Å². The molecule has 0 spiro atoms. The molecule has 0 aliphatic carbocycles. The van der Waals surface area contributed by atoms with Gasteiger partial charge in [-0.15, -0.1) is 0 Å². The Bertz CT molecular complexity index is 1080. The molecule has 0 fully saturated rings. The maximum absolute atomic E-state index is 12.7. The molecule has 36 heavy (non-hydrogen) atoms. The molecule has 0 radical (unpaired) electrons. The van der Waals surface area contributed by atoms with Crippen molar-refractivity contribution in [3.05, 3.63) is 90.0 Å². The summed E-state index contributed by atoms with van der Waals surface area (Å²) >= 11 is 0. The second kappa shape index (κ2) is 14.6. The fourth-order valence-electron chi connectivity index (χ4n) is 3.93. The van der Waals surface area contributed by atoms with Crippen LogP contribution in [0.1, 0.15) is 49.0 Å². The predicted molar refractivity (Wildman–Crippen MR) is 147 cm³/mol. The molecule has 190 valence electrons. The van der Waals surface area contributed by atoms with E-state index >= 15 is 0 Å². The molecule has 0 saturated carbocycles. The van der Waals surface area contributed by atoms with Crippen molar-refractivity contribution in [3.63, 3.8) is 0 Å². The van der Waals surface area contributed by atoms with Crippen LogP contribution in [0.3, 0.4) is 0 Å². The van der Waals surface area contributed by atoms with Gasteiger partial charge in [-0.2, -0.15) is 0 Å². The van der Waals surface area contributed by atoms with Gasteiger partial charge in [-0.3, -0.25) is 9.59 Å². The van der Waals surface area contributed by atoms with Crippen molar-refractivity contribution in [2.24, 2.45) is 0 Å². The molecule has 0 heterocycles. The van der Waals surface area contributed by atoms with Gasteiger partial charge < -0.3 is 20.3 Å². The quantitative estimate of drug-likeness (QED) is 0.273. The molecule has 0 unspecified atom stereocenters. The third kappa shape index (κ3) is 8.77. The first kappa shape index (κ1) is 26.8. The highest BCUT2D eigenvalue weighted by Gasteiger charge is 2.14. The van der Waals surface area contributed by atoms with Crippen LogP contribution in [0, 0.1) is 0 Å². The van der Waals surface area contributed by atoms with Crippen LogP contribution in [0.5, 0.6) is 5.75 Å². The topological polar surface area (TPSA) is 70.7 Å². The van der Waals surface area contributed by atoms with Gasteiger partial charge in [0.1, 0.15) is 5.75 Å². The van der Waals surface area contributed by atoms with Crippen molar-refractivity contribution in [1.29, 1.82) is 0 Å². The van der Waals surface area contributed by atoms with Gasteiger partial charge in [0.2, 0.25) is 5.91 Å². The Balaban J connectivity index is 1.43. The highest BCUT2D eigenvalue weighted by Crippen LogP contribution is 2.18. The number of benzene rings is 3. The molecule has 0 aliphatic rings. The number of ether oxygens (including phenoxy) is 1. The number of hydrogen-bond donors (Lipinski definition) is 2. The van der Waals surface area contributed by atoms with E-state index in [1.165, 1.54) is 5.56 Å². The number of aryl methyl sites for hydroxylation is 1. The molecular formula is C30H37N3O3. The zero-order valence-corrected chi connectivity index (χ0v) is 21.3. The van der Waals surface area contributed by atoms with Gasteiger partial charge in [0.15, 0.2) is 0 Å². The highest BCUT2D eigenvalue weighted by atomic mass is 16.5. The first-order chi connectivity index (χ1) is 17.6. The van der Waals surface area contributed by atoms with E-state index < -0.39 is 0 Å². The lowest BCUT2D eigenvalue weighted by molar-refractivity contribution is -0.114. The van der Waals surface area contributed by atoms with Gasteiger partial charge >= 0.3 is 0 Å². The van der Waals surface area contributed by atoms with Crippen molar-refractivity contribution < 1.29 is 14.3 Å². The van der Waals surface area contributed by atoms with E-state index in [9.17, 15) is 9.59 Å². The van der Waals surface area contributed by atoms with Gasteiger partial charge in [-0.1, -0.05) is 50.2 Å². The Kier molecular flexibility index (Phi) is 10.8. The Morgan fingerprint density at radius 2 is 1.56 bits per heavy atom. The van der Waals surface area contributed by atoms with E-state index in [0.717, 1.165) is 50.2 Å². The average molecular weight is 488 g/mol. The van der Waals surface area contributed by atoms with E-state index in [-0.39, 0.29) is 18.4 Å². The lowest BCUT2D eigenvalue weighted by Crippen LogP contribution is -2.32. The van der Waals surface area contributed by atoms with Crippen LogP contribution in [-0.4, -0.2) is 43.0 Å². The van der Waals surface area contributed by atoms with Crippen molar-refractivity contribution >= 4 is 23.2 Å². The van der Waals surface area contributed by atoms with Gasteiger partial charge in [0, 0.05) is 36.1 Å². The third-order valence-corrected chi connectivity index (χ3v) is 5.70. The zero-order valence-electron chi connectivity index (χ0n) is 21.3. The van der Waals surface area contributed by atoms with Crippen LogP contribution in [0.4, 0.5) is 11.4 Å². The number of rotatable bonds is 14. The van der Waals surface area contributed by atoms with Crippen molar-refractivity contribution in [2.45, 2.75) is 39.5 Å². The number of nitrogens with zero attached hydrogens (tertiary/aromatic N) is 1. The summed E-state index contributed by atoms with van der Waals surface area (Å²) in [7, 11) is 0. The zero-order chi connectivity index (χ0) is 25.6. The van der Waals surface area contributed by atoms with Gasteiger partial charge in [-0.05, 0) is 67.6 Å². The fraction of sp³-hybridized carbons (Fsp3) is 0.333. The molecule has 2 amide bonds. The fourth-order valence-corrected chi connectivity index (χ4v) is 3.93. The minimum absolute atomic E-state index is 0.0464. The van der Waals surface area contributed by atoms with Crippen LogP contribution >= 0.6 is 0 Å². The Hall–Kier alpha value is -3.80. The first-order valence-electron chi connectivity index (χ1n) is 12.8. The molecule has 3 aromatic rings. The minimum Gasteiger partial charge on any atom is -0.494 e. The molecule has 3 aromatic carbocycles. The number of hydrogen-bond acceptors (Lipinski definition) is 4. The van der Waals surface area contributed by atoms with Crippen LogP contribution in [0.15, 0.2) is 78.9 Å². The van der Waals surface area contributed by atoms with E-state index in [0.29, 0.717) is 17.9 Å². The SMILES string of the molecule is CCCN(CCC)C(=O)c1ccc(NCC(=O)Nc2cccc(OCCCc3ccccc3)c2)cc1. The number of carbonyl (C=O) groups is 2. The van der Waals surface area contributed by atoms with Crippen LogP contribution in [0.2, 0.25) is 0 Å². The third-order valence-electron chi connectivity index (χ3n) is 5.70. The second-order valence-electron chi connectivity index (χ2n) is 8.74. The molecule has 6 heteroatoms. The van der Waals surface area contributed by atoms with Crippen molar-refractivity contribution in [3.8, 4) is 5.75 Å². The number of amides is 2. The average Bonchev–Trinajstić information content (AvgIpc) is 2.90. The maximum atomic E-state index is 12.7. The van der Waals surface area contributed by atoms with Gasteiger partial charge in [0.05, 0.1) is 13.2 Å². The summed E-state index contributed by atoms with van der Waals surface area (Å²) in [5.74, 6) is 0.618. The Labute approximate surface area is 214 Å². The summed E-state index contributed by atoms with van der Waals surface area (Å²) < 4.78 is 5.86. The largest absolute Gasteiger partial charge is 0.494 e. The molecular weight excluding hydrogens is 450 g/mol. The smallest absolute Gasteiger partial charge is 0.253 e. The lowest BCUT2D eigenvalue weighted by atomic mass is 10.1. The highest BCUT2D eigenvalue weighted by molar-refractivity contribution is 5.95. The lowest BCUT2D eigenvalue weighted by Gasteiger charge is -2.21. The maximum Gasteiger partial charge on any atom is 0.253 e. The monoisotopic (exact) mass is 487 g/mol. The molecule has 3 rings (SSSR count). The molecule has 0 atom stereocenters. The first-order valence-corrected chi connectivity index (χ1v) is 12.8. The Morgan fingerprint density at radius 3 is 2.25 bits per heavy atom. The summed E-state index contributed by atoms with van der Waals surface area (Å²) in [5.41, 5.74) is 3.43. The summed E-state index contributed by atoms with van der Waals surface area (Å²) in [5, 5.41) is 6.01. The summed E-state index contributed by atoms with van der Waals surface area (Å²) in [4.78, 5) is 27.0. The standard InChI is InChI=1S/C30H37N3O3/c1-3-19-33(20-4-2)30(35)25-15-17-26(18-16-25)31-23-29(34)32-27-13-8-14-28(22-27)36-21-9-12-24-10-6-5-7-11-24/h5-8,10-11,13-18,22,31H,3-4,9,12,19-21,23H2,1-2H3,(H,32,34). The van der Waals surface area contributed by atoms with Crippen LogP contribution in [-0.2, 0) is 11.2 Å². The molecule has 0 saturated heterocycles. The van der Waals surface area contributed by atoms with Crippen LogP contribution < -0.4 is 15.4 Å². The molecule has 0 bridgehead atoms. The second-order valence-corrected chi connectivity index (χ2v) is 8.74. The van der Waals surface area contributed by atoms with E-state index in [1.54, 1.807) is 12.1 Å². The number of nitrogens with one attached hydrogen (secondary N) is 2. The molecule has 6 nitrogen and oxygen atoms in total.